The summed E-state index contributed by atoms with van der Waals surface area (Å²) in [4.78, 5) is 21.4. The highest BCUT2D eigenvalue weighted by atomic mass is 16.2. The molecule has 0 aliphatic heterocycles. The number of amides is 1. The van der Waals surface area contributed by atoms with Gasteiger partial charge >= 0.3 is 0 Å². The number of Topliss-reactive ketones (excluding diaryl/α,β-unsaturated/α-hetero) is 1. The second kappa shape index (κ2) is 4.49. The quantitative estimate of drug-likeness (QED) is 0.560. The van der Waals surface area contributed by atoms with Crippen molar-refractivity contribution in [3.63, 3.8) is 0 Å². The van der Waals surface area contributed by atoms with Crippen LogP contribution in [0.15, 0.2) is 11.9 Å². The van der Waals surface area contributed by atoms with E-state index < -0.39 is 0 Å². The van der Waals surface area contributed by atoms with Crippen LogP contribution in [-0.2, 0) is 9.59 Å². The summed E-state index contributed by atoms with van der Waals surface area (Å²) in [5.74, 6) is -0.453. The standard InChI is InChI=1S/C7H12N2O2/c1-3-7(11)9-6(4-8)5(2)10/h4H,3,8H2,1-2H3,(H,9,11)/b6-4-. The van der Waals surface area contributed by atoms with E-state index in [0.29, 0.717) is 6.42 Å². The van der Waals surface area contributed by atoms with Gasteiger partial charge in [0.2, 0.25) is 5.91 Å². The summed E-state index contributed by atoms with van der Waals surface area (Å²) in [6.45, 7) is 3.04. The normalized spacial score (nSPS) is 10.9. The molecule has 4 nitrogen and oxygen atoms in total. The van der Waals surface area contributed by atoms with E-state index in [1.54, 1.807) is 6.92 Å². The summed E-state index contributed by atoms with van der Waals surface area (Å²) in [7, 11) is 0. The van der Waals surface area contributed by atoms with Gasteiger partial charge in [0.25, 0.3) is 0 Å². The average Bonchev–Trinajstić information content (AvgIpc) is 1.99. The number of ketones is 1. The minimum Gasteiger partial charge on any atom is -0.403 e. The van der Waals surface area contributed by atoms with Crippen molar-refractivity contribution < 1.29 is 9.59 Å². The molecule has 62 valence electrons. The number of nitrogens with two attached hydrogens (primary N) is 1. The van der Waals surface area contributed by atoms with Gasteiger partial charge in [0, 0.05) is 19.5 Å². The maximum absolute atomic E-state index is 10.7. The molecule has 0 rings (SSSR count). The van der Waals surface area contributed by atoms with E-state index in [-0.39, 0.29) is 17.4 Å². The summed E-state index contributed by atoms with van der Waals surface area (Å²) in [6, 6.07) is 0. The van der Waals surface area contributed by atoms with Gasteiger partial charge in [-0.2, -0.15) is 0 Å². The molecule has 0 saturated carbocycles. The zero-order valence-corrected chi connectivity index (χ0v) is 6.68. The Bertz CT molecular complexity index is 197. The van der Waals surface area contributed by atoms with Crippen LogP contribution in [0.3, 0.4) is 0 Å². The van der Waals surface area contributed by atoms with E-state index in [9.17, 15) is 9.59 Å². The lowest BCUT2D eigenvalue weighted by Crippen LogP contribution is -2.26. The molecule has 0 fully saturated rings. The van der Waals surface area contributed by atoms with Crippen LogP contribution in [-0.4, -0.2) is 11.7 Å². The Morgan fingerprint density at radius 1 is 1.55 bits per heavy atom. The van der Waals surface area contributed by atoms with E-state index >= 15 is 0 Å². The molecule has 4 heteroatoms. The van der Waals surface area contributed by atoms with Gasteiger partial charge < -0.3 is 11.1 Å². The number of hydrogen-bond donors (Lipinski definition) is 2. The first kappa shape index (κ1) is 9.68. The Morgan fingerprint density at radius 3 is 2.36 bits per heavy atom. The van der Waals surface area contributed by atoms with Gasteiger partial charge in [-0.15, -0.1) is 0 Å². The van der Waals surface area contributed by atoms with Crippen molar-refractivity contribution in [3.05, 3.63) is 11.9 Å². The third-order valence-electron chi connectivity index (χ3n) is 1.14. The predicted octanol–water partition coefficient (Wildman–Crippen LogP) is -0.0983. The minimum absolute atomic E-state index is 0.150. The SMILES string of the molecule is CCC(=O)N/C(=C\N)C(C)=O. The molecule has 0 heterocycles. The van der Waals surface area contributed by atoms with Gasteiger partial charge in [0.05, 0.1) is 5.70 Å². The topological polar surface area (TPSA) is 72.2 Å². The molecule has 0 aliphatic carbocycles. The number of rotatable bonds is 3. The van der Waals surface area contributed by atoms with Crippen molar-refractivity contribution in [2.45, 2.75) is 20.3 Å². The summed E-state index contributed by atoms with van der Waals surface area (Å²) in [5, 5.41) is 2.36. The van der Waals surface area contributed by atoms with Gasteiger partial charge in [0.1, 0.15) is 0 Å². The monoisotopic (exact) mass is 156 g/mol. The number of hydrogen-bond acceptors (Lipinski definition) is 3. The first-order valence-electron chi connectivity index (χ1n) is 3.34. The number of nitrogens with one attached hydrogen (secondary N) is 1. The van der Waals surface area contributed by atoms with Gasteiger partial charge in [-0.1, -0.05) is 6.92 Å². The van der Waals surface area contributed by atoms with E-state index in [1.165, 1.54) is 6.92 Å². The third-order valence-corrected chi connectivity index (χ3v) is 1.14. The summed E-state index contributed by atoms with van der Waals surface area (Å²) in [5.41, 5.74) is 5.23. The number of allylic oxidation sites excluding steroid dienone is 1. The van der Waals surface area contributed by atoms with Gasteiger partial charge in [0.15, 0.2) is 5.78 Å². The first-order chi connectivity index (χ1) is 5.11. The zero-order valence-electron chi connectivity index (χ0n) is 6.68. The molecule has 0 radical (unpaired) electrons. The van der Waals surface area contributed by atoms with Crippen LogP contribution in [0.4, 0.5) is 0 Å². The highest BCUT2D eigenvalue weighted by Crippen LogP contribution is 1.88. The third kappa shape index (κ3) is 3.40. The highest BCUT2D eigenvalue weighted by Gasteiger charge is 2.04. The Labute approximate surface area is 65.5 Å². The Morgan fingerprint density at radius 2 is 2.09 bits per heavy atom. The Balaban J connectivity index is 4.12. The molecular weight excluding hydrogens is 144 g/mol. The Hall–Kier alpha value is -1.32. The maximum Gasteiger partial charge on any atom is 0.224 e. The molecule has 0 atom stereocenters. The van der Waals surface area contributed by atoms with E-state index in [0.717, 1.165) is 6.20 Å². The van der Waals surface area contributed by atoms with Gasteiger partial charge in [-0.25, -0.2) is 0 Å². The van der Waals surface area contributed by atoms with Crippen molar-refractivity contribution >= 4 is 11.7 Å². The average molecular weight is 156 g/mol. The second-order valence-electron chi connectivity index (χ2n) is 2.04. The molecule has 0 aromatic carbocycles. The van der Waals surface area contributed by atoms with Crippen molar-refractivity contribution in [1.29, 1.82) is 0 Å². The van der Waals surface area contributed by atoms with Crippen molar-refractivity contribution in [3.8, 4) is 0 Å². The Kier molecular flexibility index (Phi) is 3.95. The molecule has 0 aliphatic rings. The smallest absolute Gasteiger partial charge is 0.224 e. The fourth-order valence-electron chi connectivity index (χ4n) is 0.486. The van der Waals surface area contributed by atoms with E-state index in [1.807, 2.05) is 0 Å². The molecule has 1 amide bonds. The lowest BCUT2D eigenvalue weighted by Gasteiger charge is -2.02. The summed E-state index contributed by atoms with van der Waals surface area (Å²) in [6.07, 6.45) is 1.43. The lowest BCUT2D eigenvalue weighted by atomic mass is 10.3. The van der Waals surface area contributed by atoms with E-state index in [2.05, 4.69) is 5.32 Å². The predicted molar refractivity (Wildman–Crippen MR) is 41.4 cm³/mol. The van der Waals surface area contributed by atoms with Crippen molar-refractivity contribution in [1.82, 2.24) is 5.32 Å². The van der Waals surface area contributed by atoms with Crippen LogP contribution in [0.1, 0.15) is 20.3 Å². The van der Waals surface area contributed by atoms with Gasteiger partial charge in [-0.3, -0.25) is 9.59 Å². The highest BCUT2D eigenvalue weighted by molar-refractivity contribution is 5.97. The summed E-state index contributed by atoms with van der Waals surface area (Å²) >= 11 is 0. The van der Waals surface area contributed by atoms with Crippen LogP contribution >= 0.6 is 0 Å². The first-order valence-corrected chi connectivity index (χ1v) is 3.34. The molecule has 0 aromatic rings. The van der Waals surface area contributed by atoms with E-state index in [4.69, 9.17) is 5.73 Å². The number of carbonyl (C=O) groups is 2. The van der Waals surface area contributed by atoms with Crippen LogP contribution in [0.2, 0.25) is 0 Å². The lowest BCUT2D eigenvalue weighted by molar-refractivity contribution is -0.122. The largest absolute Gasteiger partial charge is 0.403 e. The molecule has 0 spiro atoms. The van der Waals surface area contributed by atoms with Gasteiger partial charge in [-0.05, 0) is 0 Å². The molecule has 11 heavy (non-hydrogen) atoms. The second-order valence-corrected chi connectivity index (χ2v) is 2.04. The van der Waals surface area contributed by atoms with Crippen LogP contribution < -0.4 is 11.1 Å². The molecule has 0 aromatic heterocycles. The molecule has 0 unspecified atom stereocenters. The molecule has 0 saturated heterocycles. The van der Waals surface area contributed by atoms with Crippen LogP contribution in [0.5, 0.6) is 0 Å². The molecule has 3 N–H and O–H groups in total. The molecular formula is C7H12N2O2. The maximum atomic E-state index is 10.7. The minimum atomic E-state index is -0.241. The molecule has 0 bridgehead atoms. The zero-order chi connectivity index (χ0) is 8.85. The van der Waals surface area contributed by atoms with Crippen LogP contribution in [0.25, 0.3) is 0 Å². The number of carbonyl (C=O) groups excluding carboxylic acids is 2. The van der Waals surface area contributed by atoms with Crippen molar-refractivity contribution in [2.75, 3.05) is 0 Å². The van der Waals surface area contributed by atoms with Crippen LogP contribution in [0, 0.1) is 0 Å². The fraction of sp³-hybridized carbons (Fsp3) is 0.429. The summed E-state index contributed by atoms with van der Waals surface area (Å²) < 4.78 is 0. The van der Waals surface area contributed by atoms with Crippen molar-refractivity contribution in [2.24, 2.45) is 5.73 Å². The fourth-order valence-corrected chi connectivity index (χ4v) is 0.486.